The number of halogens is 2. The standard InChI is InChI=1S/C9H10F2N2O2/c10-6-3-7(11)9(13-8(6)12)15-5-1-2-14-4-5/h3,5H,1-2,4H2,(H2,12,13). The van der Waals surface area contributed by atoms with Crippen LogP contribution in [-0.4, -0.2) is 24.3 Å². The highest BCUT2D eigenvalue weighted by Gasteiger charge is 2.20. The van der Waals surface area contributed by atoms with Crippen molar-refractivity contribution in [2.75, 3.05) is 18.9 Å². The van der Waals surface area contributed by atoms with Crippen molar-refractivity contribution in [2.24, 2.45) is 0 Å². The van der Waals surface area contributed by atoms with Crippen molar-refractivity contribution in [2.45, 2.75) is 12.5 Å². The van der Waals surface area contributed by atoms with E-state index in [9.17, 15) is 8.78 Å². The smallest absolute Gasteiger partial charge is 0.252 e. The highest BCUT2D eigenvalue weighted by molar-refractivity contribution is 5.34. The minimum atomic E-state index is -0.887. The van der Waals surface area contributed by atoms with Gasteiger partial charge >= 0.3 is 0 Å². The highest BCUT2D eigenvalue weighted by atomic mass is 19.1. The molecule has 2 rings (SSSR count). The summed E-state index contributed by atoms with van der Waals surface area (Å²) in [6, 6.07) is 0.660. The van der Waals surface area contributed by atoms with Gasteiger partial charge in [0.2, 0.25) is 0 Å². The summed E-state index contributed by atoms with van der Waals surface area (Å²) in [7, 11) is 0. The first-order valence-electron chi connectivity index (χ1n) is 4.52. The molecular weight excluding hydrogens is 206 g/mol. The first kappa shape index (κ1) is 10.1. The molecule has 0 aliphatic carbocycles. The summed E-state index contributed by atoms with van der Waals surface area (Å²) in [5.74, 6) is -2.38. The molecular formula is C9H10F2N2O2. The average Bonchev–Trinajstić information content (AvgIpc) is 2.67. The Morgan fingerprint density at radius 2 is 2.27 bits per heavy atom. The van der Waals surface area contributed by atoms with E-state index in [2.05, 4.69) is 4.98 Å². The molecule has 1 aliphatic rings. The molecule has 4 nitrogen and oxygen atoms in total. The van der Waals surface area contributed by atoms with Gasteiger partial charge in [-0.3, -0.25) is 0 Å². The van der Waals surface area contributed by atoms with Crippen LogP contribution < -0.4 is 10.5 Å². The summed E-state index contributed by atoms with van der Waals surface area (Å²) in [5.41, 5.74) is 5.20. The number of pyridine rings is 1. The molecule has 0 spiro atoms. The Morgan fingerprint density at radius 3 is 2.93 bits per heavy atom. The van der Waals surface area contributed by atoms with Gasteiger partial charge in [0.15, 0.2) is 17.5 Å². The topological polar surface area (TPSA) is 57.4 Å². The van der Waals surface area contributed by atoms with E-state index >= 15 is 0 Å². The normalized spacial score (nSPS) is 20.5. The molecule has 1 unspecified atom stereocenters. The minimum Gasteiger partial charge on any atom is -0.470 e. The lowest BCUT2D eigenvalue weighted by molar-refractivity contribution is 0.134. The van der Waals surface area contributed by atoms with Crippen LogP contribution in [0, 0.1) is 11.6 Å². The molecule has 0 amide bonds. The Kier molecular flexibility index (Phi) is 2.68. The van der Waals surface area contributed by atoms with Crippen molar-refractivity contribution in [3.8, 4) is 5.88 Å². The van der Waals surface area contributed by atoms with Crippen molar-refractivity contribution < 1.29 is 18.3 Å². The third-order valence-electron chi connectivity index (χ3n) is 2.09. The molecule has 1 saturated heterocycles. The van der Waals surface area contributed by atoms with Crippen molar-refractivity contribution in [3.05, 3.63) is 17.7 Å². The largest absolute Gasteiger partial charge is 0.470 e. The molecule has 2 heterocycles. The van der Waals surface area contributed by atoms with Crippen LogP contribution in [0.3, 0.4) is 0 Å². The zero-order chi connectivity index (χ0) is 10.8. The van der Waals surface area contributed by atoms with Gasteiger partial charge in [0.05, 0.1) is 13.2 Å². The summed E-state index contributed by atoms with van der Waals surface area (Å²) in [4.78, 5) is 3.49. The molecule has 0 radical (unpaired) electrons. The van der Waals surface area contributed by atoms with Crippen LogP contribution in [0.4, 0.5) is 14.6 Å². The first-order valence-corrected chi connectivity index (χ1v) is 4.52. The average molecular weight is 216 g/mol. The van der Waals surface area contributed by atoms with E-state index in [0.29, 0.717) is 25.7 Å². The van der Waals surface area contributed by atoms with E-state index in [1.54, 1.807) is 0 Å². The number of hydrogen-bond acceptors (Lipinski definition) is 4. The van der Waals surface area contributed by atoms with Gasteiger partial charge in [-0.05, 0) is 0 Å². The summed E-state index contributed by atoms with van der Waals surface area (Å²) in [5, 5.41) is 0. The van der Waals surface area contributed by atoms with Crippen molar-refractivity contribution in [1.82, 2.24) is 4.98 Å². The van der Waals surface area contributed by atoms with Gasteiger partial charge in [0, 0.05) is 12.5 Å². The van der Waals surface area contributed by atoms with Gasteiger partial charge in [-0.1, -0.05) is 0 Å². The monoisotopic (exact) mass is 216 g/mol. The predicted octanol–water partition coefficient (Wildman–Crippen LogP) is 1.11. The molecule has 0 aromatic carbocycles. The second kappa shape index (κ2) is 3.98. The Balaban J connectivity index is 2.16. The van der Waals surface area contributed by atoms with Gasteiger partial charge in [0.25, 0.3) is 5.88 Å². The fourth-order valence-corrected chi connectivity index (χ4v) is 1.31. The Bertz CT molecular complexity index is 367. The van der Waals surface area contributed by atoms with E-state index in [-0.39, 0.29) is 17.8 Å². The lowest BCUT2D eigenvalue weighted by Crippen LogP contribution is -2.18. The quantitative estimate of drug-likeness (QED) is 0.804. The van der Waals surface area contributed by atoms with Crippen LogP contribution in [0.1, 0.15) is 6.42 Å². The Labute approximate surface area is 85.0 Å². The molecule has 15 heavy (non-hydrogen) atoms. The van der Waals surface area contributed by atoms with E-state index in [1.165, 1.54) is 0 Å². The number of anilines is 1. The van der Waals surface area contributed by atoms with E-state index in [0.717, 1.165) is 0 Å². The minimum absolute atomic E-state index is 0.239. The zero-order valence-corrected chi connectivity index (χ0v) is 7.87. The number of hydrogen-bond donors (Lipinski definition) is 1. The Morgan fingerprint density at radius 1 is 1.47 bits per heavy atom. The van der Waals surface area contributed by atoms with Crippen LogP contribution in [0.2, 0.25) is 0 Å². The SMILES string of the molecule is Nc1nc(OC2CCOC2)c(F)cc1F. The van der Waals surface area contributed by atoms with E-state index < -0.39 is 11.6 Å². The second-order valence-corrected chi connectivity index (χ2v) is 3.25. The zero-order valence-electron chi connectivity index (χ0n) is 7.87. The molecule has 1 fully saturated rings. The third-order valence-corrected chi connectivity index (χ3v) is 2.09. The van der Waals surface area contributed by atoms with E-state index in [1.807, 2.05) is 0 Å². The van der Waals surface area contributed by atoms with Gasteiger partial charge in [-0.15, -0.1) is 0 Å². The molecule has 1 aliphatic heterocycles. The molecule has 0 bridgehead atoms. The summed E-state index contributed by atoms with van der Waals surface area (Å²) in [6.07, 6.45) is 0.426. The van der Waals surface area contributed by atoms with Crippen LogP contribution in [0.25, 0.3) is 0 Å². The molecule has 2 N–H and O–H groups in total. The number of aromatic nitrogens is 1. The second-order valence-electron chi connectivity index (χ2n) is 3.25. The fraction of sp³-hybridized carbons (Fsp3) is 0.444. The van der Waals surface area contributed by atoms with Gasteiger partial charge in [-0.2, -0.15) is 4.98 Å². The van der Waals surface area contributed by atoms with Crippen molar-refractivity contribution in [3.63, 3.8) is 0 Å². The molecule has 0 saturated carbocycles. The van der Waals surface area contributed by atoms with Gasteiger partial charge in [-0.25, -0.2) is 8.78 Å². The van der Waals surface area contributed by atoms with Crippen molar-refractivity contribution in [1.29, 1.82) is 0 Å². The van der Waals surface area contributed by atoms with Crippen LogP contribution in [-0.2, 0) is 4.74 Å². The number of nitrogen functional groups attached to an aromatic ring is 1. The number of nitrogens with zero attached hydrogens (tertiary/aromatic N) is 1. The van der Waals surface area contributed by atoms with Crippen LogP contribution >= 0.6 is 0 Å². The summed E-state index contributed by atoms with van der Waals surface area (Å²) < 4.78 is 36.2. The van der Waals surface area contributed by atoms with Crippen molar-refractivity contribution >= 4 is 5.82 Å². The summed E-state index contributed by atoms with van der Waals surface area (Å²) in [6.45, 7) is 0.960. The Hall–Kier alpha value is -1.43. The molecule has 1 aromatic heterocycles. The lowest BCUT2D eigenvalue weighted by Gasteiger charge is -2.11. The fourth-order valence-electron chi connectivity index (χ4n) is 1.31. The van der Waals surface area contributed by atoms with Crippen LogP contribution in [0.15, 0.2) is 6.07 Å². The predicted molar refractivity (Wildman–Crippen MR) is 48.4 cm³/mol. The number of nitrogens with two attached hydrogens (primary N) is 1. The maximum Gasteiger partial charge on any atom is 0.252 e. The van der Waals surface area contributed by atoms with Gasteiger partial charge < -0.3 is 15.2 Å². The molecule has 6 heteroatoms. The van der Waals surface area contributed by atoms with Gasteiger partial charge in [0.1, 0.15) is 6.10 Å². The highest BCUT2D eigenvalue weighted by Crippen LogP contribution is 2.21. The molecule has 1 atom stereocenters. The van der Waals surface area contributed by atoms with Crippen LogP contribution in [0.5, 0.6) is 5.88 Å². The first-order chi connectivity index (χ1) is 7.16. The maximum absolute atomic E-state index is 13.2. The molecule has 1 aromatic rings. The summed E-state index contributed by atoms with van der Waals surface area (Å²) >= 11 is 0. The number of ether oxygens (including phenoxy) is 2. The van der Waals surface area contributed by atoms with E-state index in [4.69, 9.17) is 15.2 Å². The maximum atomic E-state index is 13.2. The third kappa shape index (κ3) is 2.15. The number of rotatable bonds is 2. The lowest BCUT2D eigenvalue weighted by atomic mass is 10.3. The molecule has 82 valence electrons.